The number of aliphatic hydroxyl groups is 2. The molecule has 1 aliphatic rings. The number of carbonyl (C=O) groups is 3. The normalized spacial score (nSPS) is 19.7. The van der Waals surface area contributed by atoms with E-state index in [0.717, 1.165) is 0 Å². The van der Waals surface area contributed by atoms with Gasteiger partial charge in [0.1, 0.15) is 18.5 Å². The van der Waals surface area contributed by atoms with Gasteiger partial charge in [0.25, 0.3) is 0 Å². The van der Waals surface area contributed by atoms with E-state index in [1.54, 1.807) is 13.0 Å². The van der Waals surface area contributed by atoms with Crippen molar-refractivity contribution in [2.24, 2.45) is 0 Å². The number of amides is 2. The number of halogens is 1. The maximum Gasteiger partial charge on any atom is 0.247 e. The Labute approximate surface area is 212 Å². The van der Waals surface area contributed by atoms with E-state index < -0.39 is 24.2 Å². The summed E-state index contributed by atoms with van der Waals surface area (Å²) in [6, 6.07) is 2.38. The van der Waals surface area contributed by atoms with Crippen molar-refractivity contribution in [3.8, 4) is 11.5 Å². The summed E-state index contributed by atoms with van der Waals surface area (Å²) in [7, 11) is 2.95. The Balaban J connectivity index is 2.48. The van der Waals surface area contributed by atoms with Crippen LogP contribution in [0.3, 0.4) is 0 Å². The highest BCUT2D eigenvalue weighted by Crippen LogP contribution is 2.36. The van der Waals surface area contributed by atoms with Crippen LogP contribution in [0.15, 0.2) is 23.8 Å². The minimum absolute atomic E-state index is 0.0646. The lowest BCUT2D eigenvalue weighted by molar-refractivity contribution is -0.139. The van der Waals surface area contributed by atoms with Crippen molar-refractivity contribution in [3.05, 3.63) is 32.9 Å². The number of nitrogens with zero attached hydrogens (tertiary/aromatic N) is 1. The lowest BCUT2D eigenvalue weighted by Crippen LogP contribution is -2.55. The quantitative estimate of drug-likeness (QED) is 0.242. The second kappa shape index (κ2) is 13.6. The van der Waals surface area contributed by atoms with E-state index in [1.165, 1.54) is 31.3 Å². The van der Waals surface area contributed by atoms with Crippen LogP contribution in [0.4, 0.5) is 0 Å². The van der Waals surface area contributed by atoms with Crippen molar-refractivity contribution >= 4 is 40.7 Å². The molecule has 0 heterocycles. The minimum Gasteiger partial charge on any atom is -0.493 e. The fourth-order valence-corrected chi connectivity index (χ4v) is 4.46. The molecule has 2 rings (SSSR count). The Morgan fingerprint density at radius 2 is 2.06 bits per heavy atom. The van der Waals surface area contributed by atoms with Gasteiger partial charge in [0.15, 0.2) is 11.5 Å². The summed E-state index contributed by atoms with van der Waals surface area (Å²) in [6.07, 6.45) is 0.370. The summed E-state index contributed by atoms with van der Waals surface area (Å²) in [5.41, 5.74) is 0.716. The lowest BCUT2D eigenvalue weighted by atomic mass is 9.88. The largest absolute Gasteiger partial charge is 0.493 e. The van der Waals surface area contributed by atoms with Crippen LogP contribution in [0.1, 0.15) is 30.1 Å². The molecule has 2 amide bonds. The number of methoxy groups -OCH3 is 2. The molecule has 0 aromatic heterocycles. The second-order valence-electron chi connectivity index (χ2n) is 7.60. The topological polar surface area (TPSA) is 135 Å². The number of aliphatic hydroxyl groups excluding tert-OH is 2. The molecular formula is C23H31IN2O8. The number of rotatable bonds is 12. The molecule has 0 unspecified atom stereocenters. The van der Waals surface area contributed by atoms with Gasteiger partial charge in [-0.05, 0) is 40.8 Å². The van der Waals surface area contributed by atoms with E-state index in [-0.39, 0.29) is 45.1 Å². The first-order valence-electron chi connectivity index (χ1n) is 10.9. The molecule has 34 heavy (non-hydrogen) atoms. The monoisotopic (exact) mass is 590 g/mol. The third kappa shape index (κ3) is 6.90. The molecule has 11 heteroatoms. The number of nitrogens with one attached hydrogen (secondary N) is 1. The number of hydrogen-bond acceptors (Lipinski definition) is 8. The van der Waals surface area contributed by atoms with Gasteiger partial charge in [0.2, 0.25) is 11.8 Å². The number of carbonyl (C=O) groups excluding carboxylic acids is 3. The van der Waals surface area contributed by atoms with Crippen molar-refractivity contribution in [3.63, 3.8) is 0 Å². The molecule has 1 aromatic carbocycles. The molecule has 0 aliphatic heterocycles. The molecule has 1 aromatic rings. The van der Waals surface area contributed by atoms with Gasteiger partial charge < -0.3 is 34.6 Å². The summed E-state index contributed by atoms with van der Waals surface area (Å²) in [5, 5.41) is 22.9. The van der Waals surface area contributed by atoms with Gasteiger partial charge >= 0.3 is 0 Å². The number of aldehydes is 1. The lowest BCUT2D eigenvalue weighted by Gasteiger charge is -2.40. The van der Waals surface area contributed by atoms with Gasteiger partial charge in [-0.2, -0.15) is 0 Å². The summed E-state index contributed by atoms with van der Waals surface area (Å²) >= 11 is 2.00. The maximum absolute atomic E-state index is 12.7. The smallest absolute Gasteiger partial charge is 0.247 e. The average Bonchev–Trinajstić information content (AvgIpc) is 2.84. The first-order chi connectivity index (χ1) is 16.3. The van der Waals surface area contributed by atoms with E-state index in [9.17, 15) is 19.5 Å². The summed E-state index contributed by atoms with van der Waals surface area (Å²) < 4.78 is 17.2. The van der Waals surface area contributed by atoms with Gasteiger partial charge in [-0.3, -0.25) is 14.4 Å². The number of ether oxygens (including phenoxy) is 3. The Morgan fingerprint density at radius 3 is 2.65 bits per heavy atom. The molecule has 188 valence electrons. The van der Waals surface area contributed by atoms with Crippen LogP contribution in [0.25, 0.3) is 0 Å². The third-order valence-corrected chi connectivity index (χ3v) is 6.22. The summed E-state index contributed by atoms with van der Waals surface area (Å²) in [6.45, 7) is 2.05. The standard InChI is InChI=1S/C23H31IN2O8/c1-4-20(29)26(6-8-32-2)17-11-15(23(31)25-5-7-27)12-18(21(17)30)34-22-16(24)9-14(13-28)10-19(22)33-3/h9-10,12-13,17-18,21,27,30H,4-8,11H2,1-3H3,(H,25,31)/t17-,18+,21+/m1/s1. The van der Waals surface area contributed by atoms with Gasteiger partial charge in [-0.25, -0.2) is 0 Å². The van der Waals surface area contributed by atoms with Crippen LogP contribution >= 0.6 is 22.6 Å². The SMILES string of the molecule is CCC(=O)N(CCOC)[C@@H]1CC(C(=O)NCCO)=C[C@H](Oc2c(I)cc(C=O)cc2OC)[C@H]1O. The molecule has 1 aliphatic carbocycles. The van der Waals surface area contributed by atoms with Crippen LogP contribution in [0.5, 0.6) is 11.5 Å². The Hall–Kier alpha value is -2.22. The number of benzene rings is 1. The van der Waals surface area contributed by atoms with Gasteiger partial charge in [-0.15, -0.1) is 0 Å². The molecule has 0 saturated carbocycles. The van der Waals surface area contributed by atoms with E-state index in [2.05, 4.69) is 5.32 Å². The Kier molecular flexibility index (Phi) is 11.2. The van der Waals surface area contributed by atoms with Crippen molar-refractivity contribution in [1.82, 2.24) is 10.2 Å². The Bertz CT molecular complexity index is 907. The highest BCUT2D eigenvalue weighted by molar-refractivity contribution is 14.1. The highest BCUT2D eigenvalue weighted by Gasteiger charge is 2.40. The molecule has 3 N–H and O–H groups in total. The average molecular weight is 590 g/mol. The van der Waals surface area contributed by atoms with Crippen molar-refractivity contribution in [2.75, 3.05) is 40.5 Å². The van der Waals surface area contributed by atoms with Crippen LogP contribution in [-0.2, 0) is 14.3 Å². The van der Waals surface area contributed by atoms with Crippen molar-refractivity contribution in [2.45, 2.75) is 38.0 Å². The molecule has 10 nitrogen and oxygen atoms in total. The number of hydrogen-bond donors (Lipinski definition) is 3. The first-order valence-corrected chi connectivity index (χ1v) is 11.9. The molecule has 0 spiro atoms. The summed E-state index contributed by atoms with van der Waals surface area (Å²) in [5.74, 6) is -0.0218. The third-order valence-electron chi connectivity index (χ3n) is 5.42. The van der Waals surface area contributed by atoms with E-state index in [0.29, 0.717) is 32.5 Å². The molecule has 0 radical (unpaired) electrons. The van der Waals surface area contributed by atoms with Gasteiger partial charge in [0, 0.05) is 44.2 Å². The van der Waals surface area contributed by atoms with Crippen LogP contribution in [-0.4, -0.2) is 92.0 Å². The maximum atomic E-state index is 12.7. The Morgan fingerprint density at radius 1 is 1.32 bits per heavy atom. The predicted molar refractivity (Wildman–Crippen MR) is 132 cm³/mol. The zero-order chi connectivity index (χ0) is 25.3. The predicted octanol–water partition coefficient (Wildman–Crippen LogP) is 0.913. The van der Waals surface area contributed by atoms with Crippen molar-refractivity contribution < 1.29 is 38.8 Å². The van der Waals surface area contributed by atoms with Crippen molar-refractivity contribution in [1.29, 1.82) is 0 Å². The minimum atomic E-state index is -1.16. The van der Waals surface area contributed by atoms with Gasteiger partial charge in [-0.1, -0.05) is 6.92 Å². The molecule has 0 fully saturated rings. The highest BCUT2D eigenvalue weighted by atomic mass is 127. The fraction of sp³-hybridized carbons (Fsp3) is 0.522. The first kappa shape index (κ1) is 28.0. The molecule has 0 saturated heterocycles. The van der Waals surface area contributed by atoms with E-state index in [1.807, 2.05) is 22.6 Å². The van der Waals surface area contributed by atoms with Gasteiger partial charge in [0.05, 0.1) is 29.9 Å². The summed E-state index contributed by atoms with van der Waals surface area (Å²) in [4.78, 5) is 38.2. The fourth-order valence-electron chi connectivity index (χ4n) is 3.71. The zero-order valence-electron chi connectivity index (χ0n) is 19.5. The molecule has 3 atom stereocenters. The van der Waals surface area contributed by atoms with E-state index >= 15 is 0 Å². The van der Waals surface area contributed by atoms with E-state index in [4.69, 9.17) is 19.3 Å². The van der Waals surface area contributed by atoms with Crippen LogP contribution < -0.4 is 14.8 Å². The van der Waals surface area contributed by atoms with Crippen LogP contribution in [0.2, 0.25) is 0 Å². The molecule has 0 bridgehead atoms. The molecular weight excluding hydrogens is 559 g/mol. The second-order valence-corrected chi connectivity index (χ2v) is 8.76. The van der Waals surface area contributed by atoms with Crippen LogP contribution in [0, 0.1) is 3.57 Å². The zero-order valence-corrected chi connectivity index (χ0v) is 21.6.